The SMILES string of the molecule is CCCCc1cnc(N)c(F)c1. The summed E-state index contributed by atoms with van der Waals surface area (Å²) < 4.78 is 12.8. The zero-order chi connectivity index (χ0) is 8.97. The van der Waals surface area contributed by atoms with Gasteiger partial charge in [-0.15, -0.1) is 0 Å². The van der Waals surface area contributed by atoms with Gasteiger partial charge in [-0.25, -0.2) is 9.37 Å². The molecule has 0 aliphatic carbocycles. The van der Waals surface area contributed by atoms with Gasteiger partial charge in [0.05, 0.1) is 0 Å². The first-order chi connectivity index (χ1) is 5.74. The molecule has 0 unspecified atom stereocenters. The number of nitrogens with two attached hydrogens (primary N) is 1. The third kappa shape index (κ3) is 2.19. The van der Waals surface area contributed by atoms with Crippen LogP contribution in [0.2, 0.25) is 0 Å². The highest BCUT2D eigenvalue weighted by atomic mass is 19.1. The molecule has 0 radical (unpaired) electrons. The number of unbranched alkanes of at least 4 members (excludes halogenated alkanes) is 1. The standard InChI is InChI=1S/C9H13FN2/c1-2-3-4-7-5-8(10)9(11)12-6-7/h5-6H,2-4H2,1H3,(H2,11,12). The van der Waals surface area contributed by atoms with Gasteiger partial charge in [0.15, 0.2) is 11.6 Å². The zero-order valence-corrected chi connectivity index (χ0v) is 7.18. The summed E-state index contributed by atoms with van der Waals surface area (Å²) in [6.45, 7) is 2.10. The Morgan fingerprint density at radius 1 is 1.58 bits per heavy atom. The van der Waals surface area contributed by atoms with Crippen molar-refractivity contribution in [2.75, 3.05) is 5.73 Å². The summed E-state index contributed by atoms with van der Waals surface area (Å²) in [7, 11) is 0. The quantitative estimate of drug-likeness (QED) is 0.751. The van der Waals surface area contributed by atoms with Crippen LogP contribution in [0.1, 0.15) is 25.3 Å². The third-order valence-electron chi connectivity index (χ3n) is 1.75. The topological polar surface area (TPSA) is 38.9 Å². The number of nitrogen functional groups attached to an aromatic ring is 1. The number of pyridine rings is 1. The minimum absolute atomic E-state index is 0.0183. The van der Waals surface area contributed by atoms with Gasteiger partial charge in [-0.05, 0) is 24.5 Å². The van der Waals surface area contributed by atoms with Crippen molar-refractivity contribution in [2.45, 2.75) is 26.2 Å². The van der Waals surface area contributed by atoms with Crippen LogP contribution in [-0.2, 0) is 6.42 Å². The molecular formula is C9H13FN2. The average Bonchev–Trinajstić information content (AvgIpc) is 2.07. The molecule has 0 fully saturated rings. The van der Waals surface area contributed by atoms with Gasteiger partial charge in [0.25, 0.3) is 0 Å². The summed E-state index contributed by atoms with van der Waals surface area (Å²) in [5.74, 6) is -0.432. The van der Waals surface area contributed by atoms with E-state index in [4.69, 9.17) is 5.73 Å². The highest BCUT2D eigenvalue weighted by molar-refractivity contribution is 5.31. The second-order valence-corrected chi connectivity index (χ2v) is 2.81. The van der Waals surface area contributed by atoms with Crippen molar-refractivity contribution in [1.82, 2.24) is 4.98 Å². The van der Waals surface area contributed by atoms with E-state index in [1.807, 2.05) is 0 Å². The second kappa shape index (κ2) is 4.04. The molecule has 0 amide bonds. The minimum Gasteiger partial charge on any atom is -0.381 e. The molecule has 3 heteroatoms. The van der Waals surface area contributed by atoms with Gasteiger partial charge in [0.1, 0.15) is 0 Å². The van der Waals surface area contributed by atoms with E-state index < -0.39 is 5.82 Å². The van der Waals surface area contributed by atoms with Gasteiger partial charge >= 0.3 is 0 Å². The molecule has 2 N–H and O–H groups in total. The fourth-order valence-electron chi connectivity index (χ4n) is 1.01. The Morgan fingerprint density at radius 3 is 2.92 bits per heavy atom. The average molecular weight is 168 g/mol. The van der Waals surface area contributed by atoms with Gasteiger partial charge in [0, 0.05) is 6.20 Å². The van der Waals surface area contributed by atoms with Crippen LogP contribution < -0.4 is 5.73 Å². The Labute approximate surface area is 71.6 Å². The molecule has 66 valence electrons. The van der Waals surface area contributed by atoms with Gasteiger partial charge in [-0.3, -0.25) is 0 Å². The molecule has 0 atom stereocenters. The van der Waals surface area contributed by atoms with Crippen molar-refractivity contribution in [1.29, 1.82) is 0 Å². The molecule has 0 aromatic carbocycles. The number of aryl methyl sites for hydroxylation is 1. The smallest absolute Gasteiger partial charge is 0.165 e. The normalized spacial score (nSPS) is 10.2. The highest BCUT2D eigenvalue weighted by Crippen LogP contribution is 2.10. The molecule has 1 rings (SSSR count). The lowest BCUT2D eigenvalue weighted by atomic mass is 10.1. The first-order valence-electron chi connectivity index (χ1n) is 4.14. The lowest BCUT2D eigenvalue weighted by Gasteiger charge is -2.00. The molecule has 1 aromatic heterocycles. The van der Waals surface area contributed by atoms with Crippen LogP contribution in [0.5, 0.6) is 0 Å². The van der Waals surface area contributed by atoms with Gasteiger partial charge in [0.2, 0.25) is 0 Å². The summed E-state index contributed by atoms with van der Waals surface area (Å²) in [6, 6.07) is 1.46. The number of rotatable bonds is 3. The van der Waals surface area contributed by atoms with E-state index in [2.05, 4.69) is 11.9 Å². The number of anilines is 1. The number of nitrogens with zero attached hydrogens (tertiary/aromatic N) is 1. The minimum atomic E-state index is -0.413. The van der Waals surface area contributed by atoms with Crippen molar-refractivity contribution in [3.05, 3.63) is 23.6 Å². The third-order valence-corrected chi connectivity index (χ3v) is 1.75. The van der Waals surface area contributed by atoms with Crippen LogP contribution in [-0.4, -0.2) is 4.98 Å². The van der Waals surface area contributed by atoms with E-state index in [1.54, 1.807) is 6.20 Å². The second-order valence-electron chi connectivity index (χ2n) is 2.81. The maximum absolute atomic E-state index is 12.8. The van der Waals surface area contributed by atoms with E-state index in [-0.39, 0.29) is 5.82 Å². The zero-order valence-electron chi connectivity index (χ0n) is 7.18. The van der Waals surface area contributed by atoms with E-state index in [0.717, 1.165) is 24.8 Å². The van der Waals surface area contributed by atoms with Crippen molar-refractivity contribution in [3.63, 3.8) is 0 Å². The van der Waals surface area contributed by atoms with Gasteiger partial charge < -0.3 is 5.73 Å². The predicted molar refractivity (Wildman–Crippen MR) is 47.2 cm³/mol. The molecule has 0 saturated heterocycles. The molecule has 12 heavy (non-hydrogen) atoms. The maximum Gasteiger partial charge on any atom is 0.165 e. The van der Waals surface area contributed by atoms with E-state index in [0.29, 0.717) is 0 Å². The van der Waals surface area contributed by atoms with Crippen LogP contribution >= 0.6 is 0 Å². The lowest BCUT2D eigenvalue weighted by Crippen LogP contribution is -1.96. The first-order valence-corrected chi connectivity index (χ1v) is 4.14. The first kappa shape index (κ1) is 8.97. The monoisotopic (exact) mass is 168 g/mol. The van der Waals surface area contributed by atoms with E-state index in [9.17, 15) is 4.39 Å². The molecule has 1 aromatic rings. The summed E-state index contributed by atoms with van der Waals surface area (Å²) in [5.41, 5.74) is 6.15. The fraction of sp³-hybridized carbons (Fsp3) is 0.444. The Bertz CT molecular complexity index is 261. The molecule has 0 spiro atoms. The summed E-state index contributed by atoms with van der Waals surface area (Å²) in [5, 5.41) is 0. The Morgan fingerprint density at radius 2 is 2.33 bits per heavy atom. The Kier molecular flexibility index (Phi) is 3.02. The van der Waals surface area contributed by atoms with E-state index in [1.165, 1.54) is 6.07 Å². The number of aromatic nitrogens is 1. The molecule has 2 nitrogen and oxygen atoms in total. The van der Waals surface area contributed by atoms with Crippen LogP contribution in [0.3, 0.4) is 0 Å². The molecule has 0 aliphatic heterocycles. The predicted octanol–water partition coefficient (Wildman–Crippen LogP) is 2.15. The van der Waals surface area contributed by atoms with Crippen molar-refractivity contribution in [3.8, 4) is 0 Å². The summed E-state index contributed by atoms with van der Waals surface area (Å²) in [6.07, 6.45) is 4.67. The van der Waals surface area contributed by atoms with Crippen LogP contribution in [0.4, 0.5) is 10.2 Å². The number of halogens is 1. The Balaban J connectivity index is 2.69. The van der Waals surface area contributed by atoms with Crippen molar-refractivity contribution >= 4 is 5.82 Å². The molecule has 1 heterocycles. The Hall–Kier alpha value is -1.12. The lowest BCUT2D eigenvalue weighted by molar-refractivity contribution is 0.623. The van der Waals surface area contributed by atoms with Gasteiger partial charge in [-0.2, -0.15) is 0 Å². The fourth-order valence-corrected chi connectivity index (χ4v) is 1.01. The largest absolute Gasteiger partial charge is 0.381 e. The summed E-state index contributed by atoms with van der Waals surface area (Å²) in [4.78, 5) is 3.73. The van der Waals surface area contributed by atoms with Crippen molar-refractivity contribution < 1.29 is 4.39 Å². The molecule has 0 saturated carbocycles. The van der Waals surface area contributed by atoms with Gasteiger partial charge in [-0.1, -0.05) is 13.3 Å². The molecule has 0 aliphatic rings. The highest BCUT2D eigenvalue weighted by Gasteiger charge is 2.00. The van der Waals surface area contributed by atoms with Crippen molar-refractivity contribution in [2.24, 2.45) is 0 Å². The van der Waals surface area contributed by atoms with Crippen LogP contribution in [0.15, 0.2) is 12.3 Å². The van der Waals surface area contributed by atoms with E-state index >= 15 is 0 Å². The number of hydrogen-bond donors (Lipinski definition) is 1. The maximum atomic E-state index is 12.8. The molecular weight excluding hydrogens is 155 g/mol. The van der Waals surface area contributed by atoms with Crippen LogP contribution in [0.25, 0.3) is 0 Å². The number of hydrogen-bond acceptors (Lipinski definition) is 2. The molecule has 0 bridgehead atoms. The van der Waals surface area contributed by atoms with Crippen LogP contribution in [0, 0.1) is 5.82 Å². The summed E-state index contributed by atoms with van der Waals surface area (Å²) >= 11 is 0.